The average molecular weight is 361 g/mol. The van der Waals surface area contributed by atoms with E-state index in [1.165, 1.54) is 19.2 Å². The summed E-state index contributed by atoms with van der Waals surface area (Å²) in [5.74, 6) is -1.60. The third kappa shape index (κ3) is 3.58. The maximum Gasteiger partial charge on any atom is 0.337 e. The predicted octanol–water partition coefficient (Wildman–Crippen LogP) is 4.11. The molecule has 2 aromatic carbocycles. The highest BCUT2D eigenvalue weighted by Crippen LogP contribution is 2.25. The zero-order valence-electron chi connectivity index (χ0n) is 13.7. The summed E-state index contributed by atoms with van der Waals surface area (Å²) < 4.78 is 44.7. The molecular formula is C18H14F3N3O2. The molecule has 3 aromatic rings. The van der Waals surface area contributed by atoms with Gasteiger partial charge in [0.25, 0.3) is 6.43 Å². The van der Waals surface area contributed by atoms with E-state index >= 15 is 0 Å². The van der Waals surface area contributed by atoms with Gasteiger partial charge >= 0.3 is 5.97 Å². The number of nitrogens with one attached hydrogen (secondary N) is 1. The molecule has 0 spiro atoms. The number of rotatable bonds is 5. The van der Waals surface area contributed by atoms with Crippen molar-refractivity contribution in [3.8, 4) is 0 Å². The van der Waals surface area contributed by atoms with Crippen LogP contribution in [0.25, 0.3) is 10.9 Å². The monoisotopic (exact) mass is 361 g/mol. The number of aromatic nitrogens is 2. The number of esters is 1. The largest absolute Gasteiger partial charge is 0.465 e. The molecule has 26 heavy (non-hydrogen) atoms. The molecule has 0 aliphatic rings. The van der Waals surface area contributed by atoms with E-state index < -0.39 is 24.0 Å². The van der Waals surface area contributed by atoms with Gasteiger partial charge in [0, 0.05) is 17.5 Å². The minimum absolute atomic E-state index is 0.0552. The van der Waals surface area contributed by atoms with Gasteiger partial charge in [0.1, 0.15) is 11.6 Å². The van der Waals surface area contributed by atoms with Crippen molar-refractivity contribution in [3.05, 3.63) is 65.2 Å². The maximum atomic E-state index is 14.0. The molecule has 1 aromatic heterocycles. The Bertz CT molecular complexity index is 964. The van der Waals surface area contributed by atoms with Crippen LogP contribution in [0.4, 0.5) is 19.0 Å². The molecular weight excluding hydrogens is 347 g/mol. The van der Waals surface area contributed by atoms with Crippen molar-refractivity contribution in [2.24, 2.45) is 0 Å². The summed E-state index contributed by atoms with van der Waals surface area (Å²) in [4.78, 5) is 19.2. The second kappa shape index (κ2) is 7.38. The van der Waals surface area contributed by atoms with Crippen LogP contribution in [0.15, 0.2) is 42.5 Å². The van der Waals surface area contributed by atoms with Crippen molar-refractivity contribution in [2.75, 3.05) is 12.4 Å². The number of benzene rings is 2. The third-order valence-electron chi connectivity index (χ3n) is 3.73. The first-order valence-corrected chi connectivity index (χ1v) is 7.65. The molecule has 1 heterocycles. The minimum Gasteiger partial charge on any atom is -0.465 e. The first-order valence-electron chi connectivity index (χ1n) is 7.65. The molecule has 1 N–H and O–H groups in total. The Balaban J connectivity index is 1.94. The Morgan fingerprint density at radius 2 is 1.96 bits per heavy atom. The quantitative estimate of drug-likeness (QED) is 0.693. The summed E-state index contributed by atoms with van der Waals surface area (Å²) in [6.45, 7) is -0.0552. The molecule has 8 heteroatoms. The Kier molecular flexibility index (Phi) is 5.01. The number of carbonyl (C=O) groups is 1. The average Bonchev–Trinajstić information content (AvgIpc) is 2.66. The molecule has 0 aliphatic carbocycles. The zero-order chi connectivity index (χ0) is 18.7. The molecule has 5 nitrogen and oxygen atoms in total. The van der Waals surface area contributed by atoms with Gasteiger partial charge in [-0.2, -0.15) is 0 Å². The topological polar surface area (TPSA) is 64.1 Å². The molecule has 0 saturated carbocycles. The lowest BCUT2D eigenvalue weighted by atomic mass is 10.1. The van der Waals surface area contributed by atoms with Crippen molar-refractivity contribution >= 4 is 22.7 Å². The number of anilines is 1. The van der Waals surface area contributed by atoms with Gasteiger partial charge < -0.3 is 10.1 Å². The van der Waals surface area contributed by atoms with E-state index in [0.717, 1.165) is 6.07 Å². The van der Waals surface area contributed by atoms with Gasteiger partial charge in [-0.25, -0.2) is 27.9 Å². The highest BCUT2D eigenvalue weighted by Gasteiger charge is 2.16. The van der Waals surface area contributed by atoms with E-state index in [4.69, 9.17) is 0 Å². The molecule has 0 unspecified atom stereocenters. The summed E-state index contributed by atoms with van der Waals surface area (Å²) in [5.41, 5.74) is 0.713. The number of nitrogens with zero attached hydrogens (tertiary/aromatic N) is 2. The fourth-order valence-corrected chi connectivity index (χ4v) is 2.46. The van der Waals surface area contributed by atoms with Gasteiger partial charge in [-0.05, 0) is 30.3 Å². The fraction of sp³-hybridized carbons (Fsp3) is 0.167. The van der Waals surface area contributed by atoms with Crippen LogP contribution in [-0.4, -0.2) is 23.0 Å². The zero-order valence-corrected chi connectivity index (χ0v) is 13.7. The van der Waals surface area contributed by atoms with E-state index in [0.29, 0.717) is 10.9 Å². The third-order valence-corrected chi connectivity index (χ3v) is 3.73. The lowest BCUT2D eigenvalue weighted by molar-refractivity contribution is 0.0600. The van der Waals surface area contributed by atoms with E-state index in [1.54, 1.807) is 24.3 Å². The number of fused-ring (bicyclic) bond motifs is 1. The van der Waals surface area contributed by atoms with E-state index in [9.17, 15) is 18.0 Å². The Morgan fingerprint density at radius 3 is 2.69 bits per heavy atom. The summed E-state index contributed by atoms with van der Waals surface area (Å²) in [7, 11) is 1.22. The Morgan fingerprint density at radius 1 is 1.19 bits per heavy atom. The summed E-state index contributed by atoms with van der Waals surface area (Å²) >= 11 is 0. The second-order valence-corrected chi connectivity index (χ2v) is 5.40. The molecule has 0 amide bonds. The Hall–Kier alpha value is -3.16. The maximum absolute atomic E-state index is 14.0. The van der Waals surface area contributed by atoms with Crippen molar-refractivity contribution in [2.45, 2.75) is 13.0 Å². The van der Waals surface area contributed by atoms with Crippen LogP contribution in [0.2, 0.25) is 0 Å². The number of methoxy groups -OCH3 is 1. The number of halogens is 3. The van der Waals surface area contributed by atoms with Crippen LogP contribution in [0, 0.1) is 5.82 Å². The molecule has 0 aliphatic heterocycles. The van der Waals surface area contributed by atoms with Crippen molar-refractivity contribution in [3.63, 3.8) is 0 Å². The van der Waals surface area contributed by atoms with Gasteiger partial charge in [0.05, 0.1) is 18.2 Å². The lowest BCUT2D eigenvalue weighted by Crippen LogP contribution is -2.09. The smallest absolute Gasteiger partial charge is 0.337 e. The highest BCUT2D eigenvalue weighted by molar-refractivity contribution is 5.90. The number of hydrogen-bond acceptors (Lipinski definition) is 5. The van der Waals surface area contributed by atoms with Crippen LogP contribution < -0.4 is 5.32 Å². The SMILES string of the molecule is COC(=O)c1ccc(F)c(CNc2nc(C(F)F)nc3ccccc23)c1. The van der Waals surface area contributed by atoms with E-state index in [2.05, 4.69) is 20.0 Å². The molecule has 3 rings (SSSR count). The number of hydrogen-bond donors (Lipinski definition) is 1. The molecule has 134 valence electrons. The molecule has 0 radical (unpaired) electrons. The summed E-state index contributed by atoms with van der Waals surface area (Å²) in [6.07, 6.45) is -2.83. The summed E-state index contributed by atoms with van der Waals surface area (Å²) in [5, 5.41) is 3.38. The molecule has 0 fully saturated rings. The standard InChI is InChI=1S/C18H14F3N3O2/c1-26-18(25)10-6-7-13(19)11(8-10)9-22-16-12-4-2-3-5-14(12)23-17(24-16)15(20)21/h2-8,15H,9H2,1H3,(H,22,23,24). The van der Waals surface area contributed by atoms with Gasteiger partial charge in [0.15, 0.2) is 5.82 Å². The minimum atomic E-state index is -2.83. The van der Waals surface area contributed by atoms with Crippen LogP contribution in [0.3, 0.4) is 0 Å². The van der Waals surface area contributed by atoms with Gasteiger partial charge in [-0.1, -0.05) is 12.1 Å². The van der Waals surface area contributed by atoms with Crippen LogP contribution >= 0.6 is 0 Å². The number of alkyl halides is 2. The van der Waals surface area contributed by atoms with Crippen LogP contribution in [0.5, 0.6) is 0 Å². The molecule has 0 saturated heterocycles. The normalized spacial score (nSPS) is 11.0. The first kappa shape index (κ1) is 17.7. The fourth-order valence-electron chi connectivity index (χ4n) is 2.46. The number of para-hydroxylation sites is 1. The summed E-state index contributed by atoms with van der Waals surface area (Å²) in [6, 6.07) is 10.4. The Labute approximate surface area is 146 Å². The van der Waals surface area contributed by atoms with Crippen molar-refractivity contribution < 1.29 is 22.7 Å². The first-order chi connectivity index (χ1) is 12.5. The van der Waals surface area contributed by atoms with Crippen molar-refractivity contribution in [1.29, 1.82) is 0 Å². The van der Waals surface area contributed by atoms with Gasteiger partial charge in [-0.15, -0.1) is 0 Å². The van der Waals surface area contributed by atoms with E-state index in [-0.39, 0.29) is 23.5 Å². The van der Waals surface area contributed by atoms with Crippen molar-refractivity contribution in [1.82, 2.24) is 9.97 Å². The van der Waals surface area contributed by atoms with Gasteiger partial charge in [-0.3, -0.25) is 0 Å². The molecule has 0 bridgehead atoms. The van der Waals surface area contributed by atoms with Gasteiger partial charge in [0.2, 0.25) is 0 Å². The van der Waals surface area contributed by atoms with Crippen LogP contribution in [-0.2, 0) is 11.3 Å². The highest BCUT2D eigenvalue weighted by atomic mass is 19.3. The lowest BCUT2D eigenvalue weighted by Gasteiger charge is -2.12. The number of ether oxygens (including phenoxy) is 1. The second-order valence-electron chi connectivity index (χ2n) is 5.40. The van der Waals surface area contributed by atoms with Crippen LogP contribution in [0.1, 0.15) is 28.2 Å². The van der Waals surface area contributed by atoms with E-state index in [1.807, 2.05) is 0 Å². The number of carbonyl (C=O) groups excluding carboxylic acids is 1. The molecule has 0 atom stereocenters. The predicted molar refractivity (Wildman–Crippen MR) is 89.6 cm³/mol.